The molecule has 6 heteroatoms. The van der Waals surface area contributed by atoms with E-state index in [1.807, 2.05) is 0 Å². The van der Waals surface area contributed by atoms with Crippen molar-refractivity contribution in [2.24, 2.45) is 0 Å². The van der Waals surface area contributed by atoms with E-state index in [0.717, 1.165) is 0 Å². The van der Waals surface area contributed by atoms with Crippen LogP contribution in [0.4, 0.5) is 14.5 Å². The number of rotatable bonds is 3. The molecule has 2 aromatic carbocycles. The average Bonchev–Trinajstić information content (AvgIpc) is 2.51. The normalized spacial score (nSPS) is 13.1. The van der Waals surface area contributed by atoms with Crippen LogP contribution < -0.4 is 5.32 Å². The Hall–Kier alpha value is -2.08. The summed E-state index contributed by atoms with van der Waals surface area (Å²) in [4.78, 5) is 25.3. The summed E-state index contributed by atoms with van der Waals surface area (Å²) in [5.41, 5.74) is 1.21. The Bertz CT molecular complexity index is 790. The van der Waals surface area contributed by atoms with E-state index < -0.39 is 13.0 Å². The first kappa shape index (κ1) is 14.8. The van der Waals surface area contributed by atoms with Crippen molar-refractivity contribution in [3.63, 3.8) is 0 Å². The van der Waals surface area contributed by atoms with Gasteiger partial charge in [-0.25, -0.2) is 8.78 Å². The molecule has 0 spiro atoms. The summed E-state index contributed by atoms with van der Waals surface area (Å²) >= 11 is 3.27. The van der Waals surface area contributed by atoms with Crippen LogP contribution >= 0.6 is 15.9 Å². The summed E-state index contributed by atoms with van der Waals surface area (Å²) < 4.78 is 25.3. The second kappa shape index (κ2) is 5.61. The Balaban J connectivity index is 2.18. The van der Waals surface area contributed by atoms with Gasteiger partial charge in [0.25, 0.3) is 6.43 Å². The highest BCUT2D eigenvalue weighted by Crippen LogP contribution is 2.36. The van der Waals surface area contributed by atoms with E-state index in [9.17, 15) is 18.4 Å². The van der Waals surface area contributed by atoms with E-state index in [-0.39, 0.29) is 33.9 Å². The standard InChI is InChI=1S/C16H10BrF2NO2/c17-10-5-6-11(20-7-12(18)19)14-13(10)15(21)8-3-1-2-4-9(8)16(14)22/h1-6,12,20H,7H2. The molecule has 1 N–H and O–H groups in total. The number of carbonyl (C=O) groups is 2. The van der Waals surface area contributed by atoms with Gasteiger partial charge in [-0.15, -0.1) is 0 Å². The van der Waals surface area contributed by atoms with Gasteiger partial charge in [0.05, 0.1) is 12.1 Å². The Morgan fingerprint density at radius 2 is 1.55 bits per heavy atom. The molecule has 3 nitrogen and oxygen atoms in total. The molecule has 0 amide bonds. The van der Waals surface area contributed by atoms with Crippen molar-refractivity contribution in [3.05, 3.63) is 63.1 Å². The van der Waals surface area contributed by atoms with E-state index in [1.54, 1.807) is 30.3 Å². The van der Waals surface area contributed by atoms with Crippen LogP contribution in [0.5, 0.6) is 0 Å². The molecule has 0 aromatic heterocycles. The molecule has 2 aromatic rings. The fraction of sp³-hybridized carbons (Fsp3) is 0.125. The Labute approximate surface area is 133 Å². The first-order valence-electron chi connectivity index (χ1n) is 6.53. The van der Waals surface area contributed by atoms with Gasteiger partial charge < -0.3 is 5.32 Å². The predicted molar refractivity (Wildman–Crippen MR) is 81.9 cm³/mol. The lowest BCUT2D eigenvalue weighted by Crippen LogP contribution is -2.24. The number of halogens is 3. The minimum atomic E-state index is -2.55. The lowest BCUT2D eigenvalue weighted by molar-refractivity contribution is 0.0979. The molecular weight excluding hydrogens is 356 g/mol. The molecule has 3 rings (SSSR count). The quantitative estimate of drug-likeness (QED) is 0.765. The van der Waals surface area contributed by atoms with Crippen LogP contribution in [0, 0.1) is 0 Å². The first-order chi connectivity index (χ1) is 10.5. The maximum atomic E-state index is 12.7. The zero-order chi connectivity index (χ0) is 15.9. The molecule has 0 aliphatic heterocycles. The van der Waals surface area contributed by atoms with Crippen molar-refractivity contribution in [1.29, 1.82) is 0 Å². The maximum absolute atomic E-state index is 12.7. The van der Waals surface area contributed by atoms with Crippen molar-refractivity contribution in [2.75, 3.05) is 11.9 Å². The van der Waals surface area contributed by atoms with Crippen LogP contribution in [0.2, 0.25) is 0 Å². The molecule has 0 atom stereocenters. The van der Waals surface area contributed by atoms with Crippen molar-refractivity contribution in [3.8, 4) is 0 Å². The summed E-state index contributed by atoms with van der Waals surface area (Å²) in [6.07, 6.45) is -2.55. The molecule has 22 heavy (non-hydrogen) atoms. The fourth-order valence-electron chi connectivity index (χ4n) is 2.52. The lowest BCUT2D eigenvalue weighted by atomic mass is 9.83. The monoisotopic (exact) mass is 365 g/mol. The van der Waals surface area contributed by atoms with Gasteiger partial charge in [0, 0.05) is 26.9 Å². The highest BCUT2D eigenvalue weighted by Gasteiger charge is 2.33. The number of nitrogens with one attached hydrogen (secondary N) is 1. The Kier molecular flexibility index (Phi) is 3.78. The second-order valence-electron chi connectivity index (χ2n) is 4.82. The van der Waals surface area contributed by atoms with Gasteiger partial charge in [-0.2, -0.15) is 0 Å². The summed E-state index contributed by atoms with van der Waals surface area (Å²) in [5.74, 6) is -0.638. The van der Waals surface area contributed by atoms with Crippen LogP contribution in [0.3, 0.4) is 0 Å². The number of anilines is 1. The van der Waals surface area contributed by atoms with E-state index in [1.165, 1.54) is 6.07 Å². The maximum Gasteiger partial charge on any atom is 0.255 e. The van der Waals surface area contributed by atoms with E-state index >= 15 is 0 Å². The third kappa shape index (κ3) is 2.33. The van der Waals surface area contributed by atoms with Crippen molar-refractivity contribution >= 4 is 33.2 Å². The third-order valence-corrected chi connectivity index (χ3v) is 4.13. The molecule has 0 saturated carbocycles. The Morgan fingerprint density at radius 3 is 2.14 bits per heavy atom. The fourth-order valence-corrected chi connectivity index (χ4v) is 3.03. The van der Waals surface area contributed by atoms with Crippen LogP contribution in [0.25, 0.3) is 0 Å². The number of hydrogen-bond acceptors (Lipinski definition) is 3. The summed E-state index contributed by atoms with van der Waals surface area (Å²) in [7, 11) is 0. The van der Waals surface area contributed by atoms with Crippen LogP contribution in [0.15, 0.2) is 40.9 Å². The molecule has 0 radical (unpaired) electrons. The molecular formula is C16H10BrF2NO2. The molecule has 1 aliphatic rings. The van der Waals surface area contributed by atoms with Crippen molar-refractivity contribution < 1.29 is 18.4 Å². The SMILES string of the molecule is O=C1c2ccccc2C(=O)c2c(NCC(F)F)ccc(Br)c21. The number of carbonyl (C=O) groups excluding carboxylic acids is 2. The second-order valence-corrected chi connectivity index (χ2v) is 5.68. The van der Waals surface area contributed by atoms with Crippen molar-refractivity contribution in [1.82, 2.24) is 0 Å². The Morgan fingerprint density at radius 1 is 0.955 bits per heavy atom. The van der Waals surface area contributed by atoms with Gasteiger partial charge in [0.2, 0.25) is 0 Å². The predicted octanol–water partition coefficient (Wildman–Crippen LogP) is 3.90. The third-order valence-electron chi connectivity index (χ3n) is 3.47. The van der Waals surface area contributed by atoms with E-state index in [2.05, 4.69) is 21.2 Å². The first-order valence-corrected chi connectivity index (χ1v) is 7.33. The van der Waals surface area contributed by atoms with E-state index in [0.29, 0.717) is 10.0 Å². The summed E-state index contributed by atoms with van der Waals surface area (Å²) in [5, 5.41) is 2.54. The molecule has 1 aliphatic carbocycles. The minimum Gasteiger partial charge on any atom is -0.379 e. The van der Waals surface area contributed by atoms with Crippen molar-refractivity contribution in [2.45, 2.75) is 6.43 Å². The lowest BCUT2D eigenvalue weighted by Gasteiger charge is -2.21. The van der Waals surface area contributed by atoms with Crippen LogP contribution in [-0.4, -0.2) is 24.5 Å². The largest absolute Gasteiger partial charge is 0.379 e. The number of fused-ring (bicyclic) bond motifs is 2. The molecule has 0 saturated heterocycles. The molecule has 0 fully saturated rings. The average molecular weight is 366 g/mol. The van der Waals surface area contributed by atoms with Gasteiger partial charge in [-0.3, -0.25) is 9.59 Å². The number of benzene rings is 2. The molecule has 112 valence electrons. The zero-order valence-electron chi connectivity index (χ0n) is 11.2. The van der Waals surface area contributed by atoms with E-state index in [4.69, 9.17) is 0 Å². The van der Waals surface area contributed by atoms with Gasteiger partial charge in [0.1, 0.15) is 0 Å². The smallest absolute Gasteiger partial charge is 0.255 e. The highest BCUT2D eigenvalue weighted by atomic mass is 79.9. The van der Waals surface area contributed by atoms with Gasteiger partial charge in [-0.1, -0.05) is 40.2 Å². The number of alkyl halides is 2. The van der Waals surface area contributed by atoms with Crippen LogP contribution in [0.1, 0.15) is 31.8 Å². The van der Waals surface area contributed by atoms with Gasteiger partial charge >= 0.3 is 0 Å². The van der Waals surface area contributed by atoms with Crippen LogP contribution in [-0.2, 0) is 0 Å². The highest BCUT2D eigenvalue weighted by molar-refractivity contribution is 9.10. The summed E-state index contributed by atoms with van der Waals surface area (Å²) in [6.45, 7) is -0.586. The summed E-state index contributed by atoms with van der Waals surface area (Å²) in [6, 6.07) is 9.59. The zero-order valence-corrected chi connectivity index (χ0v) is 12.8. The number of hydrogen-bond donors (Lipinski definition) is 1. The minimum absolute atomic E-state index is 0.138. The molecule has 0 bridgehead atoms. The number of ketones is 2. The topological polar surface area (TPSA) is 46.2 Å². The molecule has 0 unspecified atom stereocenters. The van der Waals surface area contributed by atoms with Gasteiger partial charge in [0.15, 0.2) is 11.6 Å². The molecule has 0 heterocycles. The van der Waals surface area contributed by atoms with Gasteiger partial charge in [-0.05, 0) is 12.1 Å².